The van der Waals surface area contributed by atoms with Crippen LogP contribution in [0.15, 0.2) is 0 Å². The fourth-order valence-corrected chi connectivity index (χ4v) is 2.83. The van der Waals surface area contributed by atoms with E-state index in [1.54, 1.807) is 4.90 Å². The zero-order valence-electron chi connectivity index (χ0n) is 11.5. The molecule has 6 heteroatoms. The Morgan fingerprint density at radius 1 is 1.21 bits per heavy atom. The molecule has 2 fully saturated rings. The Balaban J connectivity index is 2.10. The lowest BCUT2D eigenvalue weighted by Crippen LogP contribution is -2.60. The van der Waals surface area contributed by atoms with Gasteiger partial charge in [0, 0.05) is 20.0 Å². The van der Waals surface area contributed by atoms with E-state index in [9.17, 15) is 14.4 Å². The van der Waals surface area contributed by atoms with E-state index in [1.807, 2.05) is 6.92 Å². The highest BCUT2D eigenvalue weighted by Crippen LogP contribution is 2.22. The minimum absolute atomic E-state index is 0.00537. The zero-order valence-corrected chi connectivity index (χ0v) is 11.5. The predicted molar refractivity (Wildman–Crippen MR) is 69.2 cm³/mol. The van der Waals surface area contributed by atoms with Gasteiger partial charge < -0.3 is 10.2 Å². The molecular weight excluding hydrogens is 246 g/mol. The van der Waals surface area contributed by atoms with Crippen LogP contribution in [0.1, 0.15) is 32.6 Å². The number of likely N-dealkylation sites (tertiary alicyclic amines) is 2. The van der Waals surface area contributed by atoms with Crippen LogP contribution in [0, 0.1) is 0 Å². The normalized spacial score (nSPS) is 29.1. The van der Waals surface area contributed by atoms with Crippen LogP contribution in [0.4, 0.5) is 0 Å². The smallest absolute Gasteiger partial charge is 0.251 e. The highest BCUT2D eigenvalue weighted by atomic mass is 16.2. The summed E-state index contributed by atoms with van der Waals surface area (Å²) in [5.41, 5.74) is 0. The Morgan fingerprint density at radius 3 is 2.63 bits per heavy atom. The molecule has 1 N–H and O–H groups in total. The number of nitrogens with zero attached hydrogens (tertiary/aromatic N) is 2. The minimum atomic E-state index is -0.461. The van der Waals surface area contributed by atoms with E-state index in [1.165, 1.54) is 7.05 Å². The zero-order chi connectivity index (χ0) is 14.0. The summed E-state index contributed by atoms with van der Waals surface area (Å²) in [5, 5.41) is 3.16. The average Bonchev–Trinajstić information content (AvgIpc) is 2.40. The van der Waals surface area contributed by atoms with E-state index in [-0.39, 0.29) is 23.8 Å². The summed E-state index contributed by atoms with van der Waals surface area (Å²) < 4.78 is 0. The first kappa shape index (κ1) is 14.0. The summed E-state index contributed by atoms with van der Waals surface area (Å²) in [6, 6.07) is -0.647. The molecule has 0 aromatic rings. The van der Waals surface area contributed by atoms with Crippen LogP contribution in [-0.4, -0.2) is 59.7 Å². The maximum absolute atomic E-state index is 12.4. The van der Waals surface area contributed by atoms with E-state index < -0.39 is 6.04 Å². The van der Waals surface area contributed by atoms with Crippen LogP contribution in [0.2, 0.25) is 0 Å². The quantitative estimate of drug-likeness (QED) is 0.715. The summed E-state index contributed by atoms with van der Waals surface area (Å²) in [5.74, 6) is -0.412. The molecule has 0 radical (unpaired) electrons. The van der Waals surface area contributed by atoms with Gasteiger partial charge >= 0.3 is 0 Å². The lowest BCUT2D eigenvalue weighted by atomic mass is 9.97. The van der Waals surface area contributed by atoms with Crippen molar-refractivity contribution in [3.63, 3.8) is 0 Å². The third kappa shape index (κ3) is 2.63. The summed E-state index contributed by atoms with van der Waals surface area (Å²) in [6.45, 7) is 3.31. The van der Waals surface area contributed by atoms with Gasteiger partial charge in [0.25, 0.3) is 5.91 Å². The van der Waals surface area contributed by atoms with Crippen LogP contribution in [-0.2, 0) is 14.4 Å². The van der Waals surface area contributed by atoms with Gasteiger partial charge in [-0.3, -0.25) is 19.3 Å². The van der Waals surface area contributed by atoms with Crippen molar-refractivity contribution < 1.29 is 14.4 Å². The second-order valence-corrected chi connectivity index (χ2v) is 5.13. The molecule has 2 unspecified atom stereocenters. The van der Waals surface area contributed by atoms with Crippen LogP contribution in [0.3, 0.4) is 0 Å². The van der Waals surface area contributed by atoms with Crippen molar-refractivity contribution in [2.75, 3.05) is 20.1 Å². The van der Waals surface area contributed by atoms with Crippen LogP contribution >= 0.6 is 0 Å². The first-order valence-corrected chi connectivity index (χ1v) is 6.90. The number of carbonyl (C=O) groups excluding carboxylic acids is 3. The fraction of sp³-hybridized carbons (Fsp3) is 0.769. The molecule has 2 atom stereocenters. The number of nitrogens with one attached hydrogen (secondary N) is 1. The number of amides is 3. The van der Waals surface area contributed by atoms with Gasteiger partial charge in [-0.1, -0.05) is 6.92 Å². The number of carbonyl (C=O) groups is 3. The fourth-order valence-electron chi connectivity index (χ4n) is 2.83. The van der Waals surface area contributed by atoms with Crippen LogP contribution in [0.25, 0.3) is 0 Å². The number of likely N-dealkylation sites (N-methyl/N-ethyl adjacent to an activating group) is 2. The maximum Gasteiger partial charge on any atom is 0.251 e. The second-order valence-electron chi connectivity index (χ2n) is 5.13. The summed E-state index contributed by atoms with van der Waals surface area (Å²) in [6.07, 6.45) is 2.50. The molecule has 0 bridgehead atoms. The molecule has 6 nitrogen and oxygen atoms in total. The molecule has 3 amide bonds. The van der Waals surface area contributed by atoms with Gasteiger partial charge in [-0.25, -0.2) is 0 Å². The Kier molecular flexibility index (Phi) is 4.19. The van der Waals surface area contributed by atoms with Crippen molar-refractivity contribution in [3.05, 3.63) is 0 Å². The van der Waals surface area contributed by atoms with Crippen LogP contribution in [0.5, 0.6) is 0 Å². The van der Waals surface area contributed by atoms with Gasteiger partial charge in [-0.05, 0) is 25.8 Å². The number of hydrogen-bond donors (Lipinski definition) is 1. The maximum atomic E-state index is 12.4. The summed E-state index contributed by atoms with van der Waals surface area (Å²) in [4.78, 5) is 38.8. The molecule has 0 saturated carbocycles. The molecule has 2 rings (SSSR count). The first-order chi connectivity index (χ1) is 9.06. The minimum Gasteiger partial charge on any atom is -0.329 e. The Hall–Kier alpha value is -1.43. The molecule has 19 heavy (non-hydrogen) atoms. The van der Waals surface area contributed by atoms with E-state index in [0.717, 1.165) is 24.3 Å². The Labute approximate surface area is 113 Å². The van der Waals surface area contributed by atoms with E-state index >= 15 is 0 Å². The van der Waals surface area contributed by atoms with Crippen molar-refractivity contribution in [2.24, 2.45) is 0 Å². The van der Waals surface area contributed by atoms with E-state index in [0.29, 0.717) is 19.4 Å². The molecule has 0 spiro atoms. The molecule has 0 aromatic carbocycles. The second kappa shape index (κ2) is 5.69. The Bertz CT molecular complexity index is 395. The molecular formula is C13H21N3O3. The molecule has 0 aromatic heterocycles. The van der Waals surface area contributed by atoms with Crippen molar-refractivity contribution in [1.82, 2.24) is 15.1 Å². The average molecular weight is 267 g/mol. The van der Waals surface area contributed by atoms with Crippen molar-refractivity contribution in [3.8, 4) is 0 Å². The number of piperidine rings is 2. The molecule has 2 aliphatic rings. The number of hydrogen-bond acceptors (Lipinski definition) is 4. The SMILES string of the molecule is CCNC1CCCN(C2CCC(=O)N(C)C2=O)C1=O. The van der Waals surface area contributed by atoms with E-state index in [2.05, 4.69) is 5.32 Å². The van der Waals surface area contributed by atoms with Gasteiger partial charge in [0.2, 0.25) is 11.8 Å². The van der Waals surface area contributed by atoms with Gasteiger partial charge in [0.1, 0.15) is 6.04 Å². The van der Waals surface area contributed by atoms with Gasteiger partial charge in [0.15, 0.2) is 0 Å². The number of rotatable bonds is 3. The van der Waals surface area contributed by atoms with Gasteiger partial charge in [-0.2, -0.15) is 0 Å². The topological polar surface area (TPSA) is 69.7 Å². The highest BCUT2D eigenvalue weighted by Gasteiger charge is 2.40. The van der Waals surface area contributed by atoms with Gasteiger partial charge in [-0.15, -0.1) is 0 Å². The number of imide groups is 1. The highest BCUT2D eigenvalue weighted by molar-refractivity contribution is 6.01. The molecule has 106 valence electrons. The molecule has 0 aliphatic carbocycles. The van der Waals surface area contributed by atoms with E-state index in [4.69, 9.17) is 0 Å². The monoisotopic (exact) mass is 267 g/mol. The standard InChI is InChI=1S/C13H21N3O3/c1-3-14-9-5-4-8-16(12(9)18)10-6-7-11(17)15(2)13(10)19/h9-10,14H,3-8H2,1-2H3. The first-order valence-electron chi connectivity index (χ1n) is 6.90. The predicted octanol–water partition coefficient (Wildman–Crippen LogP) is -0.266. The Morgan fingerprint density at radius 2 is 1.95 bits per heavy atom. The molecule has 2 aliphatic heterocycles. The molecule has 2 saturated heterocycles. The van der Waals surface area contributed by atoms with Crippen molar-refractivity contribution in [2.45, 2.75) is 44.7 Å². The third-order valence-corrected chi connectivity index (χ3v) is 3.92. The lowest BCUT2D eigenvalue weighted by Gasteiger charge is -2.40. The van der Waals surface area contributed by atoms with Crippen molar-refractivity contribution >= 4 is 17.7 Å². The van der Waals surface area contributed by atoms with Gasteiger partial charge in [0.05, 0.1) is 6.04 Å². The third-order valence-electron chi connectivity index (χ3n) is 3.92. The summed E-state index contributed by atoms with van der Waals surface area (Å²) in [7, 11) is 1.49. The van der Waals surface area contributed by atoms with Crippen molar-refractivity contribution in [1.29, 1.82) is 0 Å². The largest absolute Gasteiger partial charge is 0.329 e. The lowest BCUT2D eigenvalue weighted by molar-refractivity contribution is -0.157. The molecule has 2 heterocycles. The van der Waals surface area contributed by atoms with Crippen LogP contribution < -0.4 is 5.32 Å². The summed E-state index contributed by atoms with van der Waals surface area (Å²) >= 11 is 0.